The van der Waals surface area contributed by atoms with Gasteiger partial charge >= 0.3 is 5.97 Å². The largest absolute Gasteiger partial charge is 0.481 e. The second-order valence-corrected chi connectivity index (χ2v) is 5.28. The molecule has 1 N–H and O–H groups in total. The number of fused-ring (bicyclic) bond motifs is 1. The third-order valence-corrected chi connectivity index (χ3v) is 3.91. The summed E-state index contributed by atoms with van der Waals surface area (Å²) in [6.07, 6.45) is 2.34. The van der Waals surface area contributed by atoms with Crippen molar-refractivity contribution in [2.45, 2.75) is 36.7 Å². The molecule has 1 saturated carbocycles. The number of aromatic nitrogens is 2. The van der Waals surface area contributed by atoms with Gasteiger partial charge in [-0.25, -0.2) is 9.97 Å². The lowest BCUT2D eigenvalue weighted by atomic mass is 10.1. The Morgan fingerprint density at radius 1 is 1.38 bits per heavy atom. The second-order valence-electron chi connectivity index (χ2n) is 4.29. The number of carboxylic acids is 1. The highest BCUT2D eigenvalue weighted by Gasteiger charge is 2.30. The predicted molar refractivity (Wildman–Crippen MR) is 60.3 cm³/mol. The number of thioether (sulfide) groups is 1. The number of hydrogen-bond donors (Lipinski definition) is 1. The van der Waals surface area contributed by atoms with Crippen LogP contribution in [-0.4, -0.2) is 21.0 Å². The minimum absolute atomic E-state index is 0.0329. The summed E-state index contributed by atoms with van der Waals surface area (Å²) in [5.41, 5.74) is 2.87. The summed E-state index contributed by atoms with van der Waals surface area (Å²) in [6.45, 7) is 0. The van der Waals surface area contributed by atoms with Gasteiger partial charge in [0.15, 0.2) is 0 Å². The summed E-state index contributed by atoms with van der Waals surface area (Å²) in [6, 6.07) is 0. The molecule has 3 rings (SSSR count). The van der Waals surface area contributed by atoms with Crippen molar-refractivity contribution in [1.29, 1.82) is 0 Å². The van der Waals surface area contributed by atoms with Crippen LogP contribution in [-0.2, 0) is 22.7 Å². The Balaban J connectivity index is 2.02. The highest BCUT2D eigenvalue weighted by Crippen LogP contribution is 2.40. The quantitative estimate of drug-likeness (QED) is 0.865. The van der Waals surface area contributed by atoms with Crippen LogP contribution in [0, 0.1) is 0 Å². The second kappa shape index (κ2) is 3.73. The fourth-order valence-electron chi connectivity index (χ4n) is 1.95. The van der Waals surface area contributed by atoms with Gasteiger partial charge in [0, 0.05) is 23.0 Å². The molecule has 4 nitrogen and oxygen atoms in total. The lowest BCUT2D eigenvalue weighted by molar-refractivity contribution is -0.136. The zero-order valence-corrected chi connectivity index (χ0v) is 9.59. The smallest absolute Gasteiger partial charge is 0.309 e. The summed E-state index contributed by atoms with van der Waals surface area (Å²) in [7, 11) is 0. The molecule has 84 valence electrons. The van der Waals surface area contributed by atoms with Crippen molar-refractivity contribution >= 4 is 17.7 Å². The zero-order valence-electron chi connectivity index (χ0n) is 8.77. The van der Waals surface area contributed by atoms with Gasteiger partial charge < -0.3 is 5.11 Å². The average molecular weight is 236 g/mol. The molecule has 0 bridgehead atoms. The molecule has 16 heavy (non-hydrogen) atoms. The molecule has 2 aliphatic rings. The van der Waals surface area contributed by atoms with Crippen molar-refractivity contribution in [2.75, 3.05) is 0 Å². The molecule has 0 radical (unpaired) electrons. The van der Waals surface area contributed by atoms with E-state index >= 15 is 0 Å². The highest BCUT2D eigenvalue weighted by atomic mass is 32.2. The molecule has 0 atom stereocenters. The van der Waals surface area contributed by atoms with E-state index in [4.69, 9.17) is 5.11 Å². The number of hydrogen-bond acceptors (Lipinski definition) is 4. The van der Waals surface area contributed by atoms with Gasteiger partial charge in [-0.15, -0.1) is 0 Å². The monoisotopic (exact) mass is 236 g/mol. The summed E-state index contributed by atoms with van der Waals surface area (Å²) in [4.78, 5) is 19.8. The molecule has 5 heteroatoms. The lowest BCUT2D eigenvalue weighted by Gasteiger charge is -2.07. The summed E-state index contributed by atoms with van der Waals surface area (Å²) >= 11 is 1.79. The minimum Gasteiger partial charge on any atom is -0.481 e. The Morgan fingerprint density at radius 2 is 2.19 bits per heavy atom. The van der Waals surface area contributed by atoms with E-state index in [1.54, 1.807) is 11.8 Å². The molecule has 1 aromatic rings. The first-order valence-electron chi connectivity index (χ1n) is 5.42. The standard InChI is InChI=1S/C11H12N2O2S/c14-10(15)3-8-7-4-16-5-9(7)13-11(12-8)6-1-2-6/h6H,1-5H2,(H,14,15). The normalized spacial score (nSPS) is 18.5. The van der Waals surface area contributed by atoms with Crippen molar-refractivity contribution in [3.05, 3.63) is 22.8 Å². The molecule has 0 amide bonds. The van der Waals surface area contributed by atoms with E-state index < -0.39 is 5.97 Å². The predicted octanol–water partition coefficient (Wildman–Crippen LogP) is 1.73. The Kier molecular flexibility index (Phi) is 2.35. The fourth-order valence-corrected chi connectivity index (χ4v) is 3.02. The number of aliphatic carboxylic acids is 1. The first kappa shape index (κ1) is 10.1. The number of nitrogens with zero attached hydrogens (tertiary/aromatic N) is 2. The van der Waals surface area contributed by atoms with Gasteiger partial charge in [-0.2, -0.15) is 11.8 Å². The fraction of sp³-hybridized carbons (Fsp3) is 0.545. The van der Waals surface area contributed by atoms with Crippen LogP contribution in [0.5, 0.6) is 0 Å². The average Bonchev–Trinajstić information content (AvgIpc) is 2.96. The molecule has 1 aliphatic carbocycles. The summed E-state index contributed by atoms with van der Waals surface area (Å²) < 4.78 is 0. The maximum absolute atomic E-state index is 10.8. The van der Waals surface area contributed by atoms with Crippen LogP contribution in [0.4, 0.5) is 0 Å². The Labute approximate surface area is 97.5 Å². The summed E-state index contributed by atoms with van der Waals surface area (Å²) in [5, 5.41) is 8.88. The van der Waals surface area contributed by atoms with Crippen LogP contribution in [0.3, 0.4) is 0 Å². The maximum atomic E-state index is 10.8. The Hall–Kier alpha value is -1.10. The molecule has 0 spiro atoms. The van der Waals surface area contributed by atoms with Crippen LogP contribution < -0.4 is 0 Å². The topological polar surface area (TPSA) is 63.1 Å². The van der Waals surface area contributed by atoms with Crippen molar-refractivity contribution in [3.63, 3.8) is 0 Å². The van der Waals surface area contributed by atoms with Gasteiger partial charge in [-0.3, -0.25) is 4.79 Å². The van der Waals surface area contributed by atoms with E-state index in [1.165, 1.54) is 0 Å². The van der Waals surface area contributed by atoms with Gasteiger partial charge in [0.1, 0.15) is 5.82 Å². The Bertz CT molecular complexity index is 458. The van der Waals surface area contributed by atoms with Gasteiger partial charge in [-0.1, -0.05) is 0 Å². The van der Waals surface area contributed by atoms with Gasteiger partial charge in [0.25, 0.3) is 0 Å². The number of carboxylic acid groups (broad SMARTS) is 1. The molecule has 2 heterocycles. The first-order valence-corrected chi connectivity index (χ1v) is 6.57. The van der Waals surface area contributed by atoms with Crippen molar-refractivity contribution in [1.82, 2.24) is 9.97 Å². The van der Waals surface area contributed by atoms with Gasteiger partial charge in [-0.05, 0) is 12.8 Å². The first-order chi connectivity index (χ1) is 7.74. The van der Waals surface area contributed by atoms with Crippen molar-refractivity contribution < 1.29 is 9.90 Å². The third-order valence-electron chi connectivity index (χ3n) is 2.94. The molecule has 1 aromatic heterocycles. The van der Waals surface area contributed by atoms with Crippen LogP contribution in [0.2, 0.25) is 0 Å². The van der Waals surface area contributed by atoms with Crippen molar-refractivity contribution in [3.8, 4) is 0 Å². The van der Waals surface area contributed by atoms with Crippen molar-refractivity contribution in [2.24, 2.45) is 0 Å². The third kappa shape index (κ3) is 1.80. The number of rotatable bonds is 3. The van der Waals surface area contributed by atoms with Gasteiger partial charge in [0.05, 0.1) is 17.8 Å². The molecular weight excluding hydrogens is 224 g/mol. The highest BCUT2D eigenvalue weighted by molar-refractivity contribution is 7.98. The maximum Gasteiger partial charge on any atom is 0.309 e. The Morgan fingerprint density at radius 3 is 2.88 bits per heavy atom. The van der Waals surface area contributed by atoms with E-state index in [2.05, 4.69) is 9.97 Å². The van der Waals surface area contributed by atoms with E-state index in [9.17, 15) is 4.79 Å². The molecular formula is C11H12N2O2S. The lowest BCUT2D eigenvalue weighted by Crippen LogP contribution is -2.10. The molecule has 0 aromatic carbocycles. The zero-order chi connectivity index (χ0) is 11.1. The number of carbonyl (C=O) groups is 1. The summed E-state index contributed by atoms with van der Waals surface area (Å²) in [5.74, 6) is 2.33. The van der Waals surface area contributed by atoms with E-state index in [0.29, 0.717) is 5.92 Å². The minimum atomic E-state index is -0.806. The van der Waals surface area contributed by atoms with Crippen LogP contribution >= 0.6 is 11.8 Å². The van der Waals surface area contributed by atoms with Crippen LogP contribution in [0.25, 0.3) is 0 Å². The molecule has 1 fully saturated rings. The van der Waals surface area contributed by atoms with Gasteiger partial charge in [0.2, 0.25) is 0 Å². The van der Waals surface area contributed by atoms with Crippen LogP contribution in [0.1, 0.15) is 41.5 Å². The molecule has 0 saturated heterocycles. The van der Waals surface area contributed by atoms with E-state index in [1.807, 2.05) is 0 Å². The van der Waals surface area contributed by atoms with Crippen LogP contribution in [0.15, 0.2) is 0 Å². The SMILES string of the molecule is O=C(O)Cc1nc(C2CC2)nc2c1CSC2. The van der Waals surface area contributed by atoms with E-state index in [-0.39, 0.29) is 6.42 Å². The molecule has 1 aliphatic heterocycles. The molecule has 0 unspecified atom stereocenters. The van der Waals surface area contributed by atoms with E-state index in [0.717, 1.165) is 47.1 Å².